The molecule has 0 radical (unpaired) electrons. The molecule has 0 atom stereocenters. The number of hydrogen-bond acceptors (Lipinski definition) is 2. The van der Waals surface area contributed by atoms with Crippen molar-refractivity contribution >= 4 is 44.5 Å². The Morgan fingerprint density at radius 2 is 1.94 bits per heavy atom. The lowest BCUT2D eigenvalue weighted by Crippen LogP contribution is -2.00. The van der Waals surface area contributed by atoms with E-state index in [9.17, 15) is 0 Å². The van der Waals surface area contributed by atoms with Gasteiger partial charge in [-0.15, -0.1) is 0 Å². The summed E-state index contributed by atoms with van der Waals surface area (Å²) < 4.78 is 2.74. The largest absolute Gasteiger partial charge is 0.369 e. The Kier molecular flexibility index (Phi) is 2.76. The van der Waals surface area contributed by atoms with Gasteiger partial charge < -0.3 is 5.73 Å². The van der Waals surface area contributed by atoms with E-state index in [1.54, 1.807) is 0 Å². The number of halogens is 2. The van der Waals surface area contributed by atoms with Gasteiger partial charge >= 0.3 is 0 Å². The van der Waals surface area contributed by atoms with E-state index in [2.05, 4.69) is 20.9 Å². The summed E-state index contributed by atoms with van der Waals surface area (Å²) in [6, 6.07) is 13.5. The van der Waals surface area contributed by atoms with Crippen LogP contribution in [0.5, 0.6) is 0 Å². The van der Waals surface area contributed by atoms with Crippen LogP contribution in [-0.4, -0.2) is 9.55 Å². The number of fused-ring (bicyclic) bond motifs is 1. The molecular weight excluding hydrogens is 314 g/mol. The molecule has 18 heavy (non-hydrogen) atoms. The fourth-order valence-corrected chi connectivity index (χ4v) is 2.36. The fraction of sp³-hybridized carbons (Fsp3) is 0. The third-order valence-corrected chi connectivity index (χ3v) is 3.98. The van der Waals surface area contributed by atoms with Crippen LogP contribution in [0.2, 0.25) is 5.02 Å². The maximum atomic E-state index is 6.11. The standard InChI is InChI=1S/C13H9BrClN3/c14-9-6-5-8(7-10(9)15)18-12-4-2-1-3-11(12)17-13(18)16/h1-7H,(H2,16,17). The lowest BCUT2D eigenvalue weighted by molar-refractivity contribution is 1.11. The predicted octanol–water partition coefficient (Wildman–Crippen LogP) is 4.02. The molecule has 0 unspecified atom stereocenters. The van der Waals surface area contributed by atoms with E-state index < -0.39 is 0 Å². The van der Waals surface area contributed by atoms with Crippen LogP contribution < -0.4 is 5.73 Å². The molecule has 3 nitrogen and oxygen atoms in total. The zero-order valence-electron chi connectivity index (χ0n) is 9.27. The summed E-state index contributed by atoms with van der Waals surface area (Å²) in [5.41, 5.74) is 8.70. The van der Waals surface area contributed by atoms with Crippen molar-refractivity contribution in [3.05, 3.63) is 52.0 Å². The highest BCUT2D eigenvalue weighted by Gasteiger charge is 2.10. The molecular formula is C13H9BrClN3. The molecule has 0 aliphatic carbocycles. The van der Waals surface area contributed by atoms with Crippen molar-refractivity contribution in [1.82, 2.24) is 9.55 Å². The van der Waals surface area contributed by atoms with Gasteiger partial charge in [0.2, 0.25) is 5.95 Å². The Morgan fingerprint density at radius 3 is 2.72 bits per heavy atom. The monoisotopic (exact) mass is 321 g/mol. The molecule has 0 spiro atoms. The number of hydrogen-bond donors (Lipinski definition) is 1. The van der Waals surface area contributed by atoms with Crippen LogP contribution in [0.15, 0.2) is 46.9 Å². The minimum atomic E-state index is 0.453. The molecule has 0 saturated carbocycles. The molecule has 3 rings (SSSR count). The predicted molar refractivity (Wildman–Crippen MR) is 78.2 cm³/mol. The summed E-state index contributed by atoms with van der Waals surface area (Å²) >= 11 is 9.49. The summed E-state index contributed by atoms with van der Waals surface area (Å²) in [4.78, 5) is 4.33. The highest BCUT2D eigenvalue weighted by Crippen LogP contribution is 2.28. The molecule has 2 aromatic carbocycles. The Hall–Kier alpha value is -1.52. The summed E-state index contributed by atoms with van der Waals surface area (Å²) in [5.74, 6) is 0.453. The van der Waals surface area contributed by atoms with Crippen molar-refractivity contribution in [2.24, 2.45) is 0 Å². The van der Waals surface area contributed by atoms with Gasteiger partial charge in [-0.2, -0.15) is 0 Å². The minimum absolute atomic E-state index is 0.453. The van der Waals surface area contributed by atoms with Gasteiger partial charge in [0.05, 0.1) is 21.7 Å². The van der Waals surface area contributed by atoms with E-state index in [0.29, 0.717) is 11.0 Å². The first-order valence-corrected chi connectivity index (χ1v) is 6.52. The normalized spacial score (nSPS) is 11.0. The van der Waals surface area contributed by atoms with Crippen molar-refractivity contribution in [2.45, 2.75) is 0 Å². The molecule has 2 N–H and O–H groups in total. The number of nitrogens with two attached hydrogens (primary N) is 1. The molecule has 5 heteroatoms. The van der Waals surface area contributed by atoms with E-state index in [4.69, 9.17) is 17.3 Å². The third-order valence-electron chi connectivity index (χ3n) is 2.75. The number of nitrogen functional groups attached to an aromatic ring is 1. The molecule has 0 aliphatic heterocycles. The van der Waals surface area contributed by atoms with E-state index in [1.165, 1.54) is 0 Å². The molecule has 1 heterocycles. The van der Waals surface area contributed by atoms with E-state index in [-0.39, 0.29) is 0 Å². The Morgan fingerprint density at radius 1 is 1.17 bits per heavy atom. The second-order valence-corrected chi connectivity index (χ2v) is 5.15. The van der Waals surface area contributed by atoms with Gasteiger partial charge in [-0.05, 0) is 46.3 Å². The van der Waals surface area contributed by atoms with Crippen LogP contribution in [0.4, 0.5) is 5.95 Å². The number of anilines is 1. The molecule has 0 fully saturated rings. The number of imidazole rings is 1. The average molecular weight is 323 g/mol. The van der Waals surface area contributed by atoms with Crippen LogP contribution >= 0.6 is 27.5 Å². The molecule has 90 valence electrons. The molecule has 0 aliphatic rings. The zero-order valence-corrected chi connectivity index (χ0v) is 11.6. The van der Waals surface area contributed by atoms with Gasteiger partial charge in [0.25, 0.3) is 0 Å². The average Bonchev–Trinajstić information content (AvgIpc) is 2.69. The van der Waals surface area contributed by atoms with Crippen LogP contribution in [0.1, 0.15) is 0 Å². The Balaban J connectivity index is 2.30. The maximum absolute atomic E-state index is 6.11. The first-order valence-electron chi connectivity index (χ1n) is 5.35. The number of aromatic nitrogens is 2. The molecule has 0 bridgehead atoms. The highest BCUT2D eigenvalue weighted by molar-refractivity contribution is 9.10. The quantitative estimate of drug-likeness (QED) is 0.735. The van der Waals surface area contributed by atoms with Crippen molar-refractivity contribution in [2.75, 3.05) is 5.73 Å². The topological polar surface area (TPSA) is 43.8 Å². The minimum Gasteiger partial charge on any atom is -0.369 e. The van der Waals surface area contributed by atoms with Crippen molar-refractivity contribution < 1.29 is 0 Å². The molecule has 3 aromatic rings. The highest BCUT2D eigenvalue weighted by atomic mass is 79.9. The first kappa shape index (κ1) is 11.6. The number of nitrogens with zero attached hydrogens (tertiary/aromatic N) is 2. The van der Waals surface area contributed by atoms with Gasteiger partial charge in [0.1, 0.15) is 0 Å². The van der Waals surface area contributed by atoms with Crippen LogP contribution in [0.3, 0.4) is 0 Å². The van der Waals surface area contributed by atoms with E-state index in [1.807, 2.05) is 47.0 Å². The van der Waals surface area contributed by atoms with Gasteiger partial charge in [-0.3, -0.25) is 4.57 Å². The summed E-state index contributed by atoms with van der Waals surface area (Å²) in [6.45, 7) is 0. The second-order valence-electron chi connectivity index (χ2n) is 3.89. The summed E-state index contributed by atoms with van der Waals surface area (Å²) in [7, 11) is 0. The fourth-order valence-electron chi connectivity index (χ4n) is 1.94. The lowest BCUT2D eigenvalue weighted by Gasteiger charge is -2.07. The third kappa shape index (κ3) is 1.78. The van der Waals surface area contributed by atoms with Crippen LogP contribution in [0, 0.1) is 0 Å². The van der Waals surface area contributed by atoms with Crippen molar-refractivity contribution in [1.29, 1.82) is 0 Å². The van der Waals surface area contributed by atoms with Crippen LogP contribution in [0.25, 0.3) is 16.7 Å². The van der Waals surface area contributed by atoms with Gasteiger partial charge in [0, 0.05) is 4.47 Å². The Bertz CT molecular complexity index is 736. The maximum Gasteiger partial charge on any atom is 0.205 e. The Labute approximate surface area is 117 Å². The first-order chi connectivity index (χ1) is 8.66. The number of rotatable bonds is 1. The molecule has 0 saturated heterocycles. The van der Waals surface area contributed by atoms with Gasteiger partial charge in [-0.1, -0.05) is 23.7 Å². The number of para-hydroxylation sites is 2. The number of benzene rings is 2. The molecule has 0 amide bonds. The van der Waals surface area contributed by atoms with Gasteiger partial charge in [0.15, 0.2) is 0 Å². The smallest absolute Gasteiger partial charge is 0.205 e. The second kappa shape index (κ2) is 4.30. The lowest BCUT2D eigenvalue weighted by atomic mass is 10.3. The molecule has 1 aromatic heterocycles. The van der Waals surface area contributed by atoms with Gasteiger partial charge in [-0.25, -0.2) is 4.98 Å². The summed E-state index contributed by atoms with van der Waals surface area (Å²) in [5, 5.41) is 0.643. The van der Waals surface area contributed by atoms with Crippen LogP contribution in [-0.2, 0) is 0 Å². The summed E-state index contributed by atoms with van der Waals surface area (Å²) in [6.07, 6.45) is 0. The van der Waals surface area contributed by atoms with Crippen molar-refractivity contribution in [3.63, 3.8) is 0 Å². The van der Waals surface area contributed by atoms with Crippen molar-refractivity contribution in [3.8, 4) is 5.69 Å². The zero-order chi connectivity index (χ0) is 12.7. The SMILES string of the molecule is Nc1nc2ccccc2n1-c1ccc(Br)c(Cl)c1. The van der Waals surface area contributed by atoms with E-state index >= 15 is 0 Å². The van der Waals surface area contributed by atoms with E-state index in [0.717, 1.165) is 21.2 Å².